The Hall–Kier alpha value is -1.46. The third-order valence-corrected chi connectivity index (χ3v) is 5.49. The van der Waals surface area contributed by atoms with Gasteiger partial charge >= 0.3 is 0 Å². The van der Waals surface area contributed by atoms with E-state index in [4.69, 9.17) is 0 Å². The molecule has 0 bridgehead atoms. The molecule has 1 aromatic carbocycles. The number of hydrogen-bond acceptors (Lipinski definition) is 4. The second-order valence-electron chi connectivity index (χ2n) is 5.64. The van der Waals surface area contributed by atoms with E-state index >= 15 is 0 Å². The minimum Gasteiger partial charge on any atom is -0.349 e. The van der Waals surface area contributed by atoms with Crippen LogP contribution in [-0.4, -0.2) is 24.0 Å². The lowest BCUT2D eigenvalue weighted by Gasteiger charge is -2.35. The molecule has 4 nitrogen and oxygen atoms in total. The number of thiazole rings is 1. The molecule has 0 spiro atoms. The fourth-order valence-corrected chi connectivity index (χ4v) is 3.89. The lowest BCUT2D eigenvalue weighted by Crippen LogP contribution is -2.47. The molecule has 2 aromatic rings. The number of fused-ring (bicyclic) bond motifs is 1. The summed E-state index contributed by atoms with van der Waals surface area (Å²) in [6.07, 6.45) is 2.75. The van der Waals surface area contributed by atoms with Crippen molar-refractivity contribution in [1.82, 2.24) is 15.6 Å². The maximum absolute atomic E-state index is 12.6. The second kappa shape index (κ2) is 6.12. The molecular weight excluding hydrogens is 282 g/mol. The van der Waals surface area contributed by atoms with Gasteiger partial charge in [-0.25, -0.2) is 4.98 Å². The maximum Gasteiger partial charge on any atom is 0.226 e. The van der Waals surface area contributed by atoms with Crippen molar-refractivity contribution < 1.29 is 4.79 Å². The first-order chi connectivity index (χ1) is 10.2. The van der Waals surface area contributed by atoms with Crippen molar-refractivity contribution in [2.24, 2.45) is 5.41 Å². The molecule has 0 radical (unpaired) electrons. The standard InChI is InChI=1S/C16H21N3OS/c1-2-16(7-9-17-10-8-16)15(20)18-11-14-19-12-5-3-4-6-13(12)21-14/h3-6,17H,2,7-11H2,1H3,(H,18,20). The van der Waals surface area contributed by atoms with Crippen LogP contribution < -0.4 is 10.6 Å². The molecule has 3 rings (SSSR count). The number of nitrogens with one attached hydrogen (secondary N) is 2. The van der Waals surface area contributed by atoms with Gasteiger partial charge in [0.25, 0.3) is 0 Å². The summed E-state index contributed by atoms with van der Waals surface area (Å²) in [5.41, 5.74) is 0.820. The number of carbonyl (C=O) groups is 1. The van der Waals surface area contributed by atoms with Crippen molar-refractivity contribution in [1.29, 1.82) is 0 Å². The van der Waals surface area contributed by atoms with Gasteiger partial charge in [0.05, 0.1) is 22.2 Å². The van der Waals surface area contributed by atoms with E-state index in [1.165, 1.54) is 4.70 Å². The van der Waals surface area contributed by atoms with Gasteiger partial charge in [0.15, 0.2) is 0 Å². The van der Waals surface area contributed by atoms with E-state index in [2.05, 4.69) is 28.6 Å². The highest BCUT2D eigenvalue weighted by atomic mass is 32.1. The Bertz CT molecular complexity index is 598. The summed E-state index contributed by atoms with van der Waals surface area (Å²) in [5.74, 6) is 0.186. The molecular formula is C16H21N3OS. The Kier molecular flexibility index (Phi) is 4.22. The highest BCUT2D eigenvalue weighted by Crippen LogP contribution is 2.33. The normalized spacial score (nSPS) is 17.8. The van der Waals surface area contributed by atoms with Gasteiger partial charge in [-0.1, -0.05) is 19.1 Å². The largest absolute Gasteiger partial charge is 0.349 e. The Balaban J connectivity index is 1.67. The van der Waals surface area contributed by atoms with Gasteiger partial charge in [-0.3, -0.25) is 4.79 Å². The summed E-state index contributed by atoms with van der Waals surface area (Å²) in [5, 5.41) is 7.41. The highest BCUT2D eigenvalue weighted by Gasteiger charge is 2.37. The zero-order chi connectivity index (χ0) is 14.7. The van der Waals surface area contributed by atoms with Crippen LogP contribution in [0.2, 0.25) is 0 Å². The zero-order valence-electron chi connectivity index (χ0n) is 12.3. The van der Waals surface area contributed by atoms with Gasteiger partial charge in [0, 0.05) is 0 Å². The number of rotatable bonds is 4. The third kappa shape index (κ3) is 2.94. The smallest absolute Gasteiger partial charge is 0.226 e. The SMILES string of the molecule is CCC1(C(=O)NCc2nc3ccccc3s2)CCNCC1. The lowest BCUT2D eigenvalue weighted by atomic mass is 9.76. The molecule has 0 unspecified atom stereocenters. The lowest BCUT2D eigenvalue weighted by molar-refractivity contribution is -0.133. The van der Waals surface area contributed by atoms with Crippen LogP contribution in [0.15, 0.2) is 24.3 Å². The molecule has 2 N–H and O–H groups in total. The average molecular weight is 303 g/mol. The number of hydrogen-bond donors (Lipinski definition) is 2. The Morgan fingerprint density at radius 1 is 1.38 bits per heavy atom. The molecule has 1 aliphatic heterocycles. The van der Waals surface area contributed by atoms with Crippen molar-refractivity contribution in [2.75, 3.05) is 13.1 Å². The first kappa shape index (κ1) is 14.5. The highest BCUT2D eigenvalue weighted by molar-refractivity contribution is 7.18. The van der Waals surface area contributed by atoms with E-state index in [1.54, 1.807) is 11.3 Å². The minimum atomic E-state index is -0.193. The number of piperidine rings is 1. The third-order valence-electron chi connectivity index (χ3n) is 4.46. The van der Waals surface area contributed by atoms with Crippen LogP contribution in [0.5, 0.6) is 0 Å². The number of para-hydroxylation sites is 1. The number of benzene rings is 1. The van der Waals surface area contributed by atoms with Crippen molar-refractivity contribution in [3.63, 3.8) is 0 Å². The molecule has 1 saturated heterocycles. The van der Waals surface area contributed by atoms with Crippen molar-refractivity contribution in [2.45, 2.75) is 32.7 Å². The van der Waals surface area contributed by atoms with Gasteiger partial charge in [0.1, 0.15) is 5.01 Å². The molecule has 1 aliphatic rings. The predicted octanol–water partition coefficient (Wildman–Crippen LogP) is 2.69. The van der Waals surface area contributed by atoms with E-state index < -0.39 is 0 Å². The summed E-state index contributed by atoms with van der Waals surface area (Å²) < 4.78 is 1.17. The summed E-state index contributed by atoms with van der Waals surface area (Å²) >= 11 is 1.65. The van der Waals surface area contributed by atoms with Crippen LogP contribution in [0.25, 0.3) is 10.2 Å². The van der Waals surface area contributed by atoms with Gasteiger partial charge < -0.3 is 10.6 Å². The molecule has 21 heavy (non-hydrogen) atoms. The van der Waals surface area contributed by atoms with Gasteiger partial charge in [0.2, 0.25) is 5.91 Å². The Morgan fingerprint density at radius 3 is 2.86 bits per heavy atom. The fourth-order valence-electron chi connectivity index (χ4n) is 2.99. The van der Waals surface area contributed by atoms with Crippen LogP contribution in [-0.2, 0) is 11.3 Å². The minimum absolute atomic E-state index is 0.186. The molecule has 2 heterocycles. The number of amides is 1. The first-order valence-electron chi connectivity index (χ1n) is 7.57. The van der Waals surface area contributed by atoms with Gasteiger partial charge in [-0.15, -0.1) is 11.3 Å². The summed E-state index contributed by atoms with van der Waals surface area (Å²) in [6, 6.07) is 8.09. The summed E-state index contributed by atoms with van der Waals surface area (Å²) in [4.78, 5) is 17.1. The van der Waals surface area contributed by atoms with E-state index in [1.807, 2.05) is 18.2 Å². The van der Waals surface area contributed by atoms with Crippen molar-refractivity contribution in [3.05, 3.63) is 29.3 Å². The fraction of sp³-hybridized carbons (Fsp3) is 0.500. The molecule has 1 aromatic heterocycles. The second-order valence-corrected chi connectivity index (χ2v) is 6.76. The predicted molar refractivity (Wildman–Crippen MR) is 86.3 cm³/mol. The van der Waals surface area contributed by atoms with Crippen molar-refractivity contribution >= 4 is 27.5 Å². The molecule has 0 saturated carbocycles. The zero-order valence-corrected chi connectivity index (χ0v) is 13.1. The maximum atomic E-state index is 12.6. The van der Waals surface area contributed by atoms with Crippen LogP contribution in [0, 0.1) is 5.41 Å². The van der Waals surface area contributed by atoms with E-state index in [0.29, 0.717) is 6.54 Å². The van der Waals surface area contributed by atoms with Crippen molar-refractivity contribution in [3.8, 4) is 0 Å². The van der Waals surface area contributed by atoms with E-state index in [0.717, 1.165) is 42.9 Å². The number of aromatic nitrogens is 1. The van der Waals surface area contributed by atoms with Gasteiger partial charge in [-0.2, -0.15) is 0 Å². The van der Waals surface area contributed by atoms with Crippen LogP contribution in [0.4, 0.5) is 0 Å². The quantitative estimate of drug-likeness (QED) is 0.913. The number of nitrogens with zero attached hydrogens (tertiary/aromatic N) is 1. The monoisotopic (exact) mass is 303 g/mol. The number of carbonyl (C=O) groups excluding carboxylic acids is 1. The molecule has 0 aliphatic carbocycles. The molecule has 112 valence electrons. The summed E-state index contributed by atoms with van der Waals surface area (Å²) in [6.45, 7) is 4.51. The summed E-state index contributed by atoms with van der Waals surface area (Å²) in [7, 11) is 0. The van der Waals surface area contributed by atoms with Crippen LogP contribution in [0.1, 0.15) is 31.2 Å². The first-order valence-corrected chi connectivity index (χ1v) is 8.39. The molecule has 1 fully saturated rings. The molecule has 1 amide bonds. The van der Waals surface area contributed by atoms with Gasteiger partial charge in [-0.05, 0) is 44.5 Å². The van der Waals surface area contributed by atoms with Crippen LogP contribution >= 0.6 is 11.3 Å². The van der Waals surface area contributed by atoms with E-state index in [-0.39, 0.29) is 11.3 Å². The topological polar surface area (TPSA) is 54.0 Å². The Morgan fingerprint density at radius 2 is 2.14 bits per heavy atom. The molecule has 0 atom stereocenters. The average Bonchev–Trinajstić information content (AvgIpc) is 2.96. The molecule has 5 heteroatoms. The Labute approximate surface area is 129 Å². The van der Waals surface area contributed by atoms with E-state index in [9.17, 15) is 4.79 Å². The van der Waals surface area contributed by atoms with Crippen LogP contribution in [0.3, 0.4) is 0 Å².